The number of carbonyl (C=O) groups excluding carboxylic acids is 1. The fourth-order valence-electron chi connectivity index (χ4n) is 4.66. The zero-order chi connectivity index (χ0) is 26.6. The maximum Gasteiger partial charge on any atom is 0.338 e. The molecule has 0 saturated carbocycles. The molecule has 4 rings (SSSR count). The zero-order valence-corrected chi connectivity index (χ0v) is 21.0. The van der Waals surface area contributed by atoms with Crippen molar-refractivity contribution in [2.24, 2.45) is 10.9 Å². The van der Waals surface area contributed by atoms with Gasteiger partial charge >= 0.3 is 5.97 Å². The van der Waals surface area contributed by atoms with Crippen LogP contribution >= 0.6 is 11.6 Å². The van der Waals surface area contributed by atoms with Crippen LogP contribution in [0.2, 0.25) is 5.02 Å². The number of ether oxygens (including phenoxy) is 1. The van der Waals surface area contributed by atoms with E-state index in [0.717, 1.165) is 0 Å². The molecule has 0 amide bonds. The fourth-order valence-corrected chi connectivity index (χ4v) is 4.93. The number of nitrogens with one attached hydrogen (secondary N) is 1. The minimum Gasteiger partial charge on any atom is -0.466 e. The van der Waals surface area contributed by atoms with Crippen molar-refractivity contribution in [3.8, 4) is 24.7 Å². The summed E-state index contributed by atoms with van der Waals surface area (Å²) in [6, 6.07) is 8.54. The number of aliphatic hydroxyl groups is 1. The number of aliphatic imine (C=N–C) groups is 1. The van der Waals surface area contributed by atoms with Crippen LogP contribution in [-0.4, -0.2) is 59.1 Å². The van der Waals surface area contributed by atoms with Gasteiger partial charge in [-0.2, -0.15) is 0 Å². The predicted molar refractivity (Wildman–Crippen MR) is 139 cm³/mol. The van der Waals surface area contributed by atoms with Gasteiger partial charge in [0.25, 0.3) is 0 Å². The standard InChI is InChI=1S/C28H26ClFN4O3/c1-4-28(36,5-2)18-11-14-34(15-12-18)17-23-24(27(35)37-3)25(20-10-9-19(30)16-21(20)29)33-26(32-23)22-8-6-7-13-31-22/h1-2,6-10,13,16,18,25,36H,11-12,14-15,17H2,3H3,(H,32,33)/t25-/m0/s1. The summed E-state index contributed by atoms with van der Waals surface area (Å²) in [5.41, 5.74) is 0.272. The van der Waals surface area contributed by atoms with Crippen LogP contribution in [0.1, 0.15) is 30.1 Å². The second-order valence-electron chi connectivity index (χ2n) is 8.88. The number of piperidine rings is 1. The summed E-state index contributed by atoms with van der Waals surface area (Å²) < 4.78 is 19.0. The fraction of sp³-hybridized carbons (Fsp3) is 0.321. The average molecular weight is 521 g/mol. The van der Waals surface area contributed by atoms with Crippen LogP contribution in [0.3, 0.4) is 0 Å². The molecule has 2 aliphatic heterocycles. The Morgan fingerprint density at radius 3 is 2.62 bits per heavy atom. The molecule has 7 nitrogen and oxygen atoms in total. The minimum atomic E-state index is -1.59. The Kier molecular flexibility index (Phi) is 7.94. The molecular formula is C28H26ClFN4O3. The molecule has 1 atom stereocenters. The summed E-state index contributed by atoms with van der Waals surface area (Å²) in [5, 5.41) is 13.9. The van der Waals surface area contributed by atoms with Crippen LogP contribution in [0.15, 0.2) is 58.9 Å². The smallest absolute Gasteiger partial charge is 0.338 e. The van der Waals surface area contributed by atoms with E-state index in [1.165, 1.54) is 25.3 Å². The molecule has 0 unspecified atom stereocenters. The van der Waals surface area contributed by atoms with Crippen LogP contribution in [0, 0.1) is 36.4 Å². The molecule has 1 aromatic carbocycles. The highest BCUT2D eigenvalue weighted by Gasteiger charge is 2.38. The second-order valence-corrected chi connectivity index (χ2v) is 9.28. The van der Waals surface area contributed by atoms with Crippen LogP contribution < -0.4 is 5.32 Å². The molecule has 1 saturated heterocycles. The van der Waals surface area contributed by atoms with Gasteiger partial charge in [-0.3, -0.25) is 14.9 Å². The summed E-state index contributed by atoms with van der Waals surface area (Å²) in [7, 11) is 1.29. The number of esters is 1. The van der Waals surface area contributed by atoms with Gasteiger partial charge in [-0.1, -0.05) is 35.6 Å². The number of benzene rings is 1. The Balaban J connectivity index is 1.71. The molecule has 0 radical (unpaired) electrons. The largest absolute Gasteiger partial charge is 0.466 e. The third-order valence-corrected chi connectivity index (χ3v) is 7.02. The van der Waals surface area contributed by atoms with E-state index in [9.17, 15) is 14.3 Å². The normalized spacial score (nSPS) is 18.9. The Morgan fingerprint density at radius 1 is 1.30 bits per heavy atom. The number of likely N-dealkylation sites (tertiary alicyclic amines) is 1. The molecule has 190 valence electrons. The van der Waals surface area contributed by atoms with Crippen molar-refractivity contribution in [2.45, 2.75) is 24.5 Å². The second kappa shape index (κ2) is 11.1. The highest BCUT2D eigenvalue weighted by atomic mass is 35.5. The summed E-state index contributed by atoms with van der Waals surface area (Å²) in [5.74, 6) is 3.80. The van der Waals surface area contributed by atoms with Crippen molar-refractivity contribution in [1.82, 2.24) is 15.2 Å². The molecule has 2 aliphatic rings. The van der Waals surface area contributed by atoms with E-state index >= 15 is 0 Å². The number of aromatic nitrogens is 1. The number of carbonyl (C=O) groups is 1. The van der Waals surface area contributed by atoms with Crippen LogP contribution in [0.25, 0.3) is 0 Å². The van der Waals surface area contributed by atoms with E-state index in [1.807, 2.05) is 6.07 Å². The van der Waals surface area contributed by atoms with Crippen molar-refractivity contribution in [3.05, 3.63) is 76.0 Å². The average Bonchev–Trinajstić information content (AvgIpc) is 2.92. The number of halogens is 2. The van der Waals surface area contributed by atoms with Crippen LogP contribution in [-0.2, 0) is 9.53 Å². The molecule has 0 bridgehead atoms. The first-order valence-corrected chi connectivity index (χ1v) is 12.1. The van der Waals surface area contributed by atoms with Crippen molar-refractivity contribution in [2.75, 3.05) is 26.7 Å². The molecular weight excluding hydrogens is 495 g/mol. The third kappa shape index (κ3) is 5.52. The van der Waals surface area contributed by atoms with Gasteiger partial charge in [0, 0.05) is 34.9 Å². The van der Waals surface area contributed by atoms with E-state index in [0.29, 0.717) is 55.3 Å². The number of terminal acetylenes is 2. The van der Waals surface area contributed by atoms with Crippen molar-refractivity contribution in [1.29, 1.82) is 0 Å². The van der Waals surface area contributed by atoms with Crippen molar-refractivity contribution >= 4 is 23.4 Å². The Labute approximate surface area is 220 Å². The summed E-state index contributed by atoms with van der Waals surface area (Å²) >= 11 is 6.41. The van der Waals surface area contributed by atoms with E-state index < -0.39 is 23.4 Å². The first-order valence-electron chi connectivity index (χ1n) is 11.7. The van der Waals surface area contributed by atoms with Gasteiger partial charge in [0.15, 0.2) is 11.4 Å². The first-order chi connectivity index (χ1) is 17.8. The Morgan fingerprint density at radius 2 is 2.03 bits per heavy atom. The predicted octanol–water partition coefficient (Wildman–Crippen LogP) is 3.10. The van der Waals surface area contributed by atoms with E-state index in [4.69, 9.17) is 34.2 Å². The lowest BCUT2D eigenvalue weighted by molar-refractivity contribution is -0.136. The quantitative estimate of drug-likeness (QED) is 0.449. The molecule has 1 fully saturated rings. The van der Waals surface area contributed by atoms with E-state index in [-0.39, 0.29) is 16.5 Å². The van der Waals surface area contributed by atoms with Gasteiger partial charge in [-0.25, -0.2) is 9.18 Å². The summed E-state index contributed by atoms with van der Waals surface area (Å²) in [6.07, 6.45) is 13.8. The SMILES string of the molecule is C#CC(O)(C#C)C1CCN(CC2=C(C(=O)OC)[C@H](c3ccc(F)cc3Cl)N=C(c3ccccn3)N2)CC1. The van der Waals surface area contributed by atoms with Gasteiger partial charge < -0.3 is 15.2 Å². The number of hydrogen-bond donors (Lipinski definition) is 2. The molecule has 2 aromatic rings. The number of amidine groups is 1. The first kappa shape index (κ1) is 26.4. The van der Waals surface area contributed by atoms with Crippen molar-refractivity contribution < 1.29 is 19.0 Å². The van der Waals surface area contributed by atoms with E-state index in [2.05, 4.69) is 27.0 Å². The number of methoxy groups -OCH3 is 1. The Hall–Kier alpha value is -3.69. The van der Waals surface area contributed by atoms with Gasteiger partial charge in [0.1, 0.15) is 17.6 Å². The lowest BCUT2D eigenvalue weighted by Gasteiger charge is -2.37. The maximum absolute atomic E-state index is 13.8. The van der Waals surface area contributed by atoms with Gasteiger partial charge in [-0.05, 0) is 50.2 Å². The highest BCUT2D eigenvalue weighted by Crippen LogP contribution is 2.37. The minimum absolute atomic E-state index is 0.139. The maximum atomic E-state index is 13.8. The van der Waals surface area contributed by atoms with E-state index in [1.54, 1.807) is 18.3 Å². The molecule has 0 spiro atoms. The molecule has 37 heavy (non-hydrogen) atoms. The number of rotatable bonds is 6. The van der Waals surface area contributed by atoms with Gasteiger partial charge in [-0.15, -0.1) is 12.8 Å². The highest BCUT2D eigenvalue weighted by molar-refractivity contribution is 6.31. The topological polar surface area (TPSA) is 87.0 Å². The Bertz CT molecular complexity index is 1310. The number of nitrogens with zero attached hydrogens (tertiary/aromatic N) is 3. The molecule has 3 heterocycles. The summed E-state index contributed by atoms with van der Waals surface area (Å²) in [6.45, 7) is 1.53. The monoisotopic (exact) mass is 520 g/mol. The van der Waals surface area contributed by atoms with Crippen molar-refractivity contribution in [3.63, 3.8) is 0 Å². The van der Waals surface area contributed by atoms with Crippen LogP contribution in [0.5, 0.6) is 0 Å². The lowest BCUT2D eigenvalue weighted by atomic mass is 9.81. The third-order valence-electron chi connectivity index (χ3n) is 6.70. The number of pyridine rings is 1. The summed E-state index contributed by atoms with van der Waals surface area (Å²) in [4.78, 5) is 24.3. The van der Waals surface area contributed by atoms with Crippen LogP contribution in [0.4, 0.5) is 4.39 Å². The van der Waals surface area contributed by atoms with Gasteiger partial charge in [0.05, 0.1) is 12.7 Å². The lowest BCUT2D eigenvalue weighted by Crippen LogP contribution is -2.46. The number of hydrogen-bond acceptors (Lipinski definition) is 7. The molecule has 1 aromatic heterocycles. The zero-order valence-electron chi connectivity index (χ0n) is 20.2. The molecule has 2 N–H and O–H groups in total. The molecule has 0 aliphatic carbocycles. The van der Waals surface area contributed by atoms with Gasteiger partial charge in [0.2, 0.25) is 0 Å². The molecule has 9 heteroatoms.